The summed E-state index contributed by atoms with van der Waals surface area (Å²) < 4.78 is 0. The molecule has 11 aromatic rings. The van der Waals surface area contributed by atoms with Gasteiger partial charge in [0.15, 0.2) is 17.5 Å². The topological polar surface area (TPSA) is 51.6 Å². The molecule has 0 saturated carbocycles. The minimum atomic E-state index is 0.622. The smallest absolute Gasteiger partial charge is 0.164 e. The van der Waals surface area contributed by atoms with Gasteiger partial charge in [0.05, 0.1) is 0 Å². The Hall–Kier alpha value is -8.08. The number of pyridine rings is 1. The van der Waals surface area contributed by atoms with Gasteiger partial charge in [0, 0.05) is 29.1 Å². The van der Waals surface area contributed by atoms with E-state index in [1.807, 2.05) is 42.7 Å². The van der Waals surface area contributed by atoms with Crippen molar-refractivity contribution in [1.29, 1.82) is 0 Å². The zero-order valence-electron chi connectivity index (χ0n) is 32.6. The van der Waals surface area contributed by atoms with Crippen molar-refractivity contribution >= 4 is 32.3 Å². The molecule has 0 radical (unpaired) electrons. The molecule has 0 unspecified atom stereocenters. The van der Waals surface area contributed by atoms with Crippen LogP contribution in [0.3, 0.4) is 0 Å². The molecule has 0 aliphatic heterocycles. The van der Waals surface area contributed by atoms with Crippen molar-refractivity contribution in [2.24, 2.45) is 0 Å². The molecule has 0 N–H and O–H groups in total. The number of hydrogen-bond donors (Lipinski definition) is 0. The van der Waals surface area contributed by atoms with Gasteiger partial charge in [0.25, 0.3) is 0 Å². The lowest BCUT2D eigenvalue weighted by atomic mass is 9.82. The van der Waals surface area contributed by atoms with Crippen LogP contribution < -0.4 is 0 Å². The van der Waals surface area contributed by atoms with Crippen LogP contribution in [-0.2, 0) is 0 Å². The molecule has 0 aliphatic rings. The molecule has 2 heterocycles. The molecule has 0 aliphatic carbocycles. The van der Waals surface area contributed by atoms with E-state index in [0.29, 0.717) is 17.5 Å². The SMILES string of the molecule is c1ccc(-c2nc(-c3ccc(-c4ccncc4)cc3)nc(-c3ccc(-c4c5ccccc5c(-c5ccccc5-c5ccccc5)c5ccccc45)c4ccccc34)n2)cc1. The monoisotopic (exact) mass is 764 g/mol. The Morgan fingerprint density at radius 3 is 1.18 bits per heavy atom. The maximum Gasteiger partial charge on any atom is 0.164 e. The molecule has 280 valence electrons. The van der Waals surface area contributed by atoms with Crippen LogP contribution in [0.25, 0.3) is 111 Å². The van der Waals surface area contributed by atoms with Crippen LogP contribution in [-0.4, -0.2) is 19.9 Å². The average Bonchev–Trinajstić information content (AvgIpc) is 3.34. The maximum atomic E-state index is 5.20. The van der Waals surface area contributed by atoms with Gasteiger partial charge in [-0.25, -0.2) is 15.0 Å². The van der Waals surface area contributed by atoms with E-state index in [0.717, 1.165) is 44.2 Å². The molecule has 0 amide bonds. The number of benzene rings is 9. The first-order chi connectivity index (χ1) is 29.8. The van der Waals surface area contributed by atoms with Gasteiger partial charge >= 0.3 is 0 Å². The molecule has 0 atom stereocenters. The number of nitrogens with zero attached hydrogens (tertiary/aromatic N) is 4. The minimum absolute atomic E-state index is 0.622. The van der Waals surface area contributed by atoms with Gasteiger partial charge in [0.1, 0.15) is 0 Å². The number of rotatable bonds is 7. The summed E-state index contributed by atoms with van der Waals surface area (Å²) in [5.41, 5.74) is 12.3. The lowest BCUT2D eigenvalue weighted by molar-refractivity contribution is 1.08. The first-order valence-corrected chi connectivity index (χ1v) is 20.2. The highest BCUT2D eigenvalue weighted by Gasteiger charge is 2.22. The van der Waals surface area contributed by atoms with Crippen molar-refractivity contribution in [2.75, 3.05) is 0 Å². The van der Waals surface area contributed by atoms with Gasteiger partial charge in [0.2, 0.25) is 0 Å². The molecule has 11 rings (SSSR count). The normalized spacial score (nSPS) is 11.3. The first-order valence-electron chi connectivity index (χ1n) is 20.2. The molecule has 0 spiro atoms. The fourth-order valence-electron chi connectivity index (χ4n) is 8.69. The second kappa shape index (κ2) is 15.0. The van der Waals surface area contributed by atoms with Crippen LogP contribution in [0, 0.1) is 0 Å². The Kier molecular flexibility index (Phi) is 8.79. The molecule has 60 heavy (non-hydrogen) atoms. The largest absolute Gasteiger partial charge is 0.265 e. The summed E-state index contributed by atoms with van der Waals surface area (Å²) in [6.45, 7) is 0. The van der Waals surface area contributed by atoms with Crippen LogP contribution in [0.1, 0.15) is 0 Å². The van der Waals surface area contributed by atoms with E-state index in [2.05, 4.69) is 181 Å². The summed E-state index contributed by atoms with van der Waals surface area (Å²) in [6.07, 6.45) is 3.63. The van der Waals surface area contributed by atoms with Crippen molar-refractivity contribution in [3.8, 4) is 78.7 Å². The highest BCUT2D eigenvalue weighted by atomic mass is 15.0. The minimum Gasteiger partial charge on any atom is -0.265 e. The number of fused-ring (bicyclic) bond motifs is 3. The summed E-state index contributed by atoms with van der Waals surface area (Å²) in [5, 5.41) is 7.05. The van der Waals surface area contributed by atoms with Crippen LogP contribution >= 0.6 is 0 Å². The second-order valence-corrected chi connectivity index (χ2v) is 14.9. The lowest BCUT2D eigenvalue weighted by Crippen LogP contribution is -2.01. The van der Waals surface area contributed by atoms with E-state index in [4.69, 9.17) is 15.0 Å². The van der Waals surface area contributed by atoms with Gasteiger partial charge in [-0.2, -0.15) is 0 Å². The highest BCUT2D eigenvalue weighted by Crippen LogP contribution is 2.48. The van der Waals surface area contributed by atoms with E-state index >= 15 is 0 Å². The van der Waals surface area contributed by atoms with Crippen molar-refractivity contribution in [3.63, 3.8) is 0 Å². The molecular formula is C56H36N4. The quantitative estimate of drug-likeness (QED) is 0.152. The second-order valence-electron chi connectivity index (χ2n) is 14.9. The molecule has 4 heteroatoms. The fraction of sp³-hybridized carbons (Fsp3) is 0. The molecule has 0 saturated heterocycles. The van der Waals surface area contributed by atoms with Crippen molar-refractivity contribution in [3.05, 3.63) is 219 Å². The summed E-state index contributed by atoms with van der Waals surface area (Å²) in [4.78, 5) is 19.6. The first kappa shape index (κ1) is 35.1. The van der Waals surface area contributed by atoms with E-state index < -0.39 is 0 Å². The predicted octanol–water partition coefficient (Wildman–Crippen LogP) is 14.4. The molecule has 0 bridgehead atoms. The van der Waals surface area contributed by atoms with Gasteiger partial charge in [-0.1, -0.05) is 188 Å². The van der Waals surface area contributed by atoms with Gasteiger partial charge in [-0.15, -0.1) is 0 Å². The third kappa shape index (κ3) is 6.19. The summed E-state index contributed by atoms with van der Waals surface area (Å²) in [6, 6.07) is 72.9. The maximum absolute atomic E-state index is 5.20. The van der Waals surface area contributed by atoms with Gasteiger partial charge in [-0.3, -0.25) is 4.98 Å². The zero-order valence-corrected chi connectivity index (χ0v) is 32.6. The lowest BCUT2D eigenvalue weighted by Gasteiger charge is -2.21. The van der Waals surface area contributed by atoms with E-state index in [1.165, 1.54) is 49.4 Å². The van der Waals surface area contributed by atoms with E-state index in [9.17, 15) is 0 Å². The predicted molar refractivity (Wildman–Crippen MR) is 248 cm³/mol. The van der Waals surface area contributed by atoms with Crippen LogP contribution in [0.5, 0.6) is 0 Å². The average molecular weight is 765 g/mol. The van der Waals surface area contributed by atoms with E-state index in [1.54, 1.807) is 0 Å². The number of hydrogen-bond acceptors (Lipinski definition) is 4. The number of aromatic nitrogens is 4. The molecule has 0 fully saturated rings. The Labute approximate surface area is 348 Å². The van der Waals surface area contributed by atoms with Crippen LogP contribution in [0.2, 0.25) is 0 Å². The third-order valence-corrected chi connectivity index (χ3v) is 11.5. The summed E-state index contributed by atoms with van der Waals surface area (Å²) in [5.74, 6) is 1.88. The Morgan fingerprint density at radius 2 is 0.600 bits per heavy atom. The van der Waals surface area contributed by atoms with Crippen LogP contribution in [0.15, 0.2) is 219 Å². The van der Waals surface area contributed by atoms with Gasteiger partial charge in [-0.05, 0) is 95.0 Å². The van der Waals surface area contributed by atoms with Crippen molar-refractivity contribution in [1.82, 2.24) is 19.9 Å². The van der Waals surface area contributed by atoms with Crippen molar-refractivity contribution < 1.29 is 0 Å². The Balaban J connectivity index is 1.12. The van der Waals surface area contributed by atoms with E-state index in [-0.39, 0.29) is 0 Å². The van der Waals surface area contributed by atoms with Crippen molar-refractivity contribution in [2.45, 2.75) is 0 Å². The Morgan fingerprint density at radius 1 is 0.217 bits per heavy atom. The zero-order chi connectivity index (χ0) is 39.8. The van der Waals surface area contributed by atoms with Gasteiger partial charge < -0.3 is 0 Å². The standard InChI is InChI=1S/C56H36N4/c1-3-15-39(16-4-1)42-19-7-10-22-45(42)52-46-23-11-13-25-48(46)53(49-26-14-12-24-47(49)52)50-31-32-51(44-21-9-8-20-43(44)50)56-59-54(40-17-5-2-6-18-40)58-55(60-56)41-29-27-37(28-30-41)38-33-35-57-36-34-38/h1-36H. The summed E-state index contributed by atoms with van der Waals surface area (Å²) in [7, 11) is 0. The third-order valence-electron chi connectivity index (χ3n) is 11.5. The fourth-order valence-corrected chi connectivity index (χ4v) is 8.69. The molecule has 4 nitrogen and oxygen atoms in total. The Bertz CT molecular complexity index is 3290. The summed E-state index contributed by atoms with van der Waals surface area (Å²) >= 11 is 0. The highest BCUT2D eigenvalue weighted by molar-refractivity contribution is 6.24. The molecule has 9 aromatic carbocycles. The molecule has 2 aromatic heterocycles. The molecular weight excluding hydrogens is 729 g/mol. The van der Waals surface area contributed by atoms with Crippen LogP contribution in [0.4, 0.5) is 0 Å².